The number of aliphatic carboxylic acids is 1. The number of anilines is 1. The number of hydrogen-bond donors (Lipinski definition) is 2. The Kier molecular flexibility index (Phi) is 3.80. The van der Waals surface area contributed by atoms with Crippen LogP contribution in [-0.4, -0.2) is 42.4 Å². The van der Waals surface area contributed by atoms with Gasteiger partial charge in [0.15, 0.2) is 0 Å². The van der Waals surface area contributed by atoms with E-state index in [1.54, 1.807) is 0 Å². The van der Waals surface area contributed by atoms with Crippen molar-refractivity contribution in [2.45, 2.75) is 0 Å². The van der Waals surface area contributed by atoms with E-state index in [1.807, 2.05) is 0 Å². The van der Waals surface area contributed by atoms with Crippen LogP contribution in [0.4, 0.5) is 5.69 Å². The van der Waals surface area contributed by atoms with E-state index in [0.29, 0.717) is 9.99 Å². The van der Waals surface area contributed by atoms with Crippen LogP contribution in [0.25, 0.3) is 0 Å². The third-order valence-electron chi connectivity index (χ3n) is 1.70. The van der Waals surface area contributed by atoms with Gasteiger partial charge in [-0.2, -0.15) is 12.7 Å². The first kappa shape index (κ1) is 12.4. The number of nitrogens with one attached hydrogen (secondary N) is 1. The third-order valence-corrected chi connectivity index (χ3v) is 3.14. The molecule has 8 heteroatoms. The predicted octanol–water partition coefficient (Wildman–Crippen LogP) is -0.245. The summed E-state index contributed by atoms with van der Waals surface area (Å²) in [7, 11) is -2.66. The summed E-state index contributed by atoms with van der Waals surface area (Å²) in [4.78, 5) is 14.1. The second-order valence-corrected chi connectivity index (χ2v) is 4.77. The fourth-order valence-corrected chi connectivity index (χ4v) is 1.79. The maximum atomic E-state index is 11.6. The van der Waals surface area contributed by atoms with E-state index in [4.69, 9.17) is 5.11 Å². The highest BCUT2D eigenvalue weighted by Gasteiger charge is 2.19. The fourth-order valence-electron chi connectivity index (χ4n) is 0.922. The Labute approximate surface area is 92.9 Å². The van der Waals surface area contributed by atoms with Crippen LogP contribution in [0.1, 0.15) is 0 Å². The molecule has 0 unspecified atom stereocenters. The highest BCUT2D eigenvalue weighted by Crippen LogP contribution is 2.08. The Balaban J connectivity index is 2.76. The summed E-state index contributed by atoms with van der Waals surface area (Å²) in [6.45, 7) is -0.597. The summed E-state index contributed by atoms with van der Waals surface area (Å²) < 4.78 is 26.1. The first-order chi connectivity index (χ1) is 7.42. The van der Waals surface area contributed by atoms with Gasteiger partial charge in [0.2, 0.25) is 0 Å². The Morgan fingerprint density at radius 1 is 1.50 bits per heavy atom. The van der Waals surface area contributed by atoms with Gasteiger partial charge in [-0.15, -0.1) is 0 Å². The molecule has 1 heterocycles. The quantitative estimate of drug-likeness (QED) is 0.745. The van der Waals surface area contributed by atoms with E-state index in [9.17, 15) is 13.2 Å². The number of pyridine rings is 1. The molecule has 1 aromatic rings. The maximum Gasteiger partial charge on any atom is 0.318 e. The number of carboxylic acids is 1. The van der Waals surface area contributed by atoms with Gasteiger partial charge in [0, 0.05) is 19.4 Å². The summed E-state index contributed by atoms with van der Waals surface area (Å²) in [5, 5.41) is 8.47. The molecule has 1 rings (SSSR count). The molecule has 0 saturated heterocycles. The molecule has 2 N–H and O–H groups in total. The van der Waals surface area contributed by atoms with Gasteiger partial charge in [0.25, 0.3) is 0 Å². The van der Waals surface area contributed by atoms with Crippen LogP contribution < -0.4 is 4.72 Å². The van der Waals surface area contributed by atoms with Crippen molar-refractivity contribution < 1.29 is 18.3 Å². The summed E-state index contributed by atoms with van der Waals surface area (Å²) in [5.41, 5.74) is 0.326. The highest BCUT2D eigenvalue weighted by atomic mass is 32.2. The van der Waals surface area contributed by atoms with Gasteiger partial charge in [-0.3, -0.25) is 14.5 Å². The molecule has 0 aliphatic heterocycles. The molecule has 16 heavy (non-hydrogen) atoms. The van der Waals surface area contributed by atoms with Gasteiger partial charge in [0.05, 0.1) is 5.69 Å². The van der Waals surface area contributed by atoms with E-state index in [0.717, 1.165) is 0 Å². The van der Waals surface area contributed by atoms with Gasteiger partial charge >= 0.3 is 16.2 Å². The number of rotatable bonds is 5. The smallest absolute Gasteiger partial charge is 0.318 e. The predicted molar refractivity (Wildman–Crippen MR) is 57.0 cm³/mol. The van der Waals surface area contributed by atoms with Crippen LogP contribution in [0.3, 0.4) is 0 Å². The second-order valence-electron chi connectivity index (χ2n) is 2.99. The summed E-state index contributed by atoms with van der Waals surface area (Å²) in [6, 6.07) is 2.93. The van der Waals surface area contributed by atoms with Gasteiger partial charge in [-0.1, -0.05) is 0 Å². The number of hydrogen-bond acceptors (Lipinski definition) is 4. The van der Waals surface area contributed by atoms with Crippen LogP contribution in [0.2, 0.25) is 0 Å². The normalized spacial score (nSPS) is 11.4. The molecular weight excluding hydrogens is 234 g/mol. The molecule has 0 radical (unpaired) electrons. The lowest BCUT2D eigenvalue weighted by molar-refractivity contribution is -0.137. The number of nitrogens with zero attached hydrogens (tertiary/aromatic N) is 2. The van der Waals surface area contributed by atoms with Gasteiger partial charge < -0.3 is 5.11 Å². The molecule has 0 amide bonds. The van der Waals surface area contributed by atoms with E-state index in [-0.39, 0.29) is 0 Å². The van der Waals surface area contributed by atoms with Gasteiger partial charge in [0.1, 0.15) is 6.54 Å². The highest BCUT2D eigenvalue weighted by molar-refractivity contribution is 7.90. The molecule has 0 spiro atoms. The van der Waals surface area contributed by atoms with E-state index < -0.39 is 22.7 Å². The number of aromatic nitrogens is 1. The van der Waals surface area contributed by atoms with Crippen molar-refractivity contribution in [3.63, 3.8) is 0 Å². The molecule has 1 aromatic heterocycles. The summed E-state index contributed by atoms with van der Waals surface area (Å²) >= 11 is 0. The first-order valence-electron chi connectivity index (χ1n) is 4.28. The molecule has 7 nitrogen and oxygen atoms in total. The Hall–Kier alpha value is -1.67. The average Bonchev–Trinajstić information content (AvgIpc) is 2.17. The van der Waals surface area contributed by atoms with Crippen LogP contribution in [0.15, 0.2) is 24.5 Å². The molecule has 0 aliphatic carbocycles. The first-order valence-corrected chi connectivity index (χ1v) is 5.72. The molecular formula is C8H11N3O4S. The van der Waals surface area contributed by atoms with Crippen molar-refractivity contribution in [2.75, 3.05) is 18.3 Å². The topological polar surface area (TPSA) is 99.6 Å². The second kappa shape index (κ2) is 4.90. The largest absolute Gasteiger partial charge is 0.480 e. The third kappa shape index (κ3) is 3.48. The molecule has 0 aliphatic rings. The fraction of sp³-hybridized carbons (Fsp3) is 0.250. The molecule has 0 atom stereocenters. The van der Waals surface area contributed by atoms with Gasteiger partial charge in [-0.05, 0) is 12.1 Å². The molecule has 0 saturated carbocycles. The minimum atomic E-state index is -3.83. The van der Waals surface area contributed by atoms with Crippen molar-refractivity contribution >= 4 is 21.9 Å². The minimum Gasteiger partial charge on any atom is -0.480 e. The summed E-state index contributed by atoms with van der Waals surface area (Å²) in [6.07, 6.45) is 2.85. The SMILES string of the molecule is CN(CC(=O)O)S(=O)(=O)Nc1ccncc1. The van der Waals surface area contributed by atoms with E-state index in [1.165, 1.54) is 31.6 Å². The zero-order valence-electron chi connectivity index (χ0n) is 8.49. The zero-order valence-corrected chi connectivity index (χ0v) is 9.31. The van der Waals surface area contributed by atoms with E-state index in [2.05, 4.69) is 9.71 Å². The summed E-state index contributed by atoms with van der Waals surface area (Å²) in [5.74, 6) is -1.22. The van der Waals surface area contributed by atoms with Crippen LogP contribution in [-0.2, 0) is 15.0 Å². The van der Waals surface area contributed by atoms with Crippen molar-refractivity contribution in [2.24, 2.45) is 0 Å². The molecule has 88 valence electrons. The molecule has 0 aromatic carbocycles. The zero-order chi connectivity index (χ0) is 12.2. The number of carboxylic acid groups (broad SMARTS) is 1. The van der Waals surface area contributed by atoms with Crippen molar-refractivity contribution in [1.29, 1.82) is 0 Å². The van der Waals surface area contributed by atoms with Crippen molar-refractivity contribution in [3.8, 4) is 0 Å². The minimum absolute atomic E-state index is 0.326. The molecule has 0 fully saturated rings. The van der Waals surface area contributed by atoms with Gasteiger partial charge in [-0.25, -0.2) is 0 Å². The molecule has 0 bridgehead atoms. The average molecular weight is 245 g/mol. The standard InChI is InChI=1S/C8H11N3O4S/c1-11(6-8(12)13)16(14,15)10-7-2-4-9-5-3-7/h2-5H,6H2,1H3,(H,9,10)(H,12,13). The Bertz CT molecular complexity index is 459. The van der Waals surface area contributed by atoms with Crippen molar-refractivity contribution in [1.82, 2.24) is 9.29 Å². The lowest BCUT2D eigenvalue weighted by Gasteiger charge is -2.15. The van der Waals surface area contributed by atoms with Crippen LogP contribution in [0, 0.1) is 0 Å². The Morgan fingerprint density at radius 3 is 2.56 bits per heavy atom. The lowest BCUT2D eigenvalue weighted by Crippen LogP contribution is -2.36. The van der Waals surface area contributed by atoms with E-state index >= 15 is 0 Å². The number of carbonyl (C=O) groups is 1. The Morgan fingerprint density at radius 2 is 2.06 bits per heavy atom. The number of likely N-dealkylation sites (N-methyl/N-ethyl adjacent to an activating group) is 1. The monoisotopic (exact) mass is 245 g/mol. The van der Waals surface area contributed by atoms with Crippen LogP contribution in [0.5, 0.6) is 0 Å². The maximum absolute atomic E-state index is 11.6. The van der Waals surface area contributed by atoms with Crippen molar-refractivity contribution in [3.05, 3.63) is 24.5 Å². The van der Waals surface area contributed by atoms with Crippen LogP contribution >= 0.6 is 0 Å². The lowest BCUT2D eigenvalue weighted by atomic mass is 10.4.